The summed E-state index contributed by atoms with van der Waals surface area (Å²) in [6.45, 7) is 1.91. The molecule has 1 N–H and O–H groups in total. The summed E-state index contributed by atoms with van der Waals surface area (Å²) in [5, 5.41) is 10.6. The van der Waals surface area contributed by atoms with Gasteiger partial charge in [0.25, 0.3) is 5.89 Å². The van der Waals surface area contributed by atoms with Crippen LogP contribution in [0.2, 0.25) is 0 Å². The molecule has 0 bridgehead atoms. The molecule has 21 heavy (non-hydrogen) atoms. The molecular weight excluding hydrogens is 268 g/mol. The van der Waals surface area contributed by atoms with Crippen LogP contribution in [0.15, 0.2) is 53.1 Å². The summed E-state index contributed by atoms with van der Waals surface area (Å²) in [5.41, 5.74) is 1.49. The number of hydrogen-bond donors (Lipinski definition) is 1. The van der Waals surface area contributed by atoms with Crippen LogP contribution >= 0.6 is 0 Å². The number of amides is 1. The van der Waals surface area contributed by atoms with E-state index in [1.807, 2.05) is 42.5 Å². The van der Waals surface area contributed by atoms with Gasteiger partial charge in [-0.2, -0.15) is 0 Å². The largest absolute Gasteiger partial charge is 0.420 e. The Kier molecular flexibility index (Phi) is 3.51. The van der Waals surface area contributed by atoms with Crippen molar-refractivity contribution in [2.45, 2.75) is 13.5 Å². The van der Waals surface area contributed by atoms with Crippen molar-refractivity contribution >= 4 is 11.6 Å². The maximum atomic E-state index is 12.1. The molecule has 0 fully saturated rings. The molecule has 2 heterocycles. The number of rotatable bonds is 4. The van der Waals surface area contributed by atoms with E-state index in [4.69, 9.17) is 4.42 Å². The molecule has 0 saturated carbocycles. The predicted molar refractivity (Wildman–Crippen MR) is 77.5 cm³/mol. The highest BCUT2D eigenvalue weighted by atomic mass is 16.4. The van der Waals surface area contributed by atoms with Gasteiger partial charge in [0.2, 0.25) is 11.8 Å². The van der Waals surface area contributed by atoms with Gasteiger partial charge in [-0.3, -0.25) is 4.79 Å². The van der Waals surface area contributed by atoms with Crippen LogP contribution in [0.25, 0.3) is 11.6 Å². The van der Waals surface area contributed by atoms with E-state index in [-0.39, 0.29) is 12.5 Å². The van der Waals surface area contributed by atoms with Crippen molar-refractivity contribution in [1.29, 1.82) is 0 Å². The summed E-state index contributed by atoms with van der Waals surface area (Å²) in [5.74, 6) is 0.784. The predicted octanol–water partition coefficient (Wildman–Crippen LogP) is 2.49. The zero-order chi connectivity index (χ0) is 14.7. The van der Waals surface area contributed by atoms with Crippen molar-refractivity contribution in [2.24, 2.45) is 0 Å². The summed E-state index contributed by atoms with van der Waals surface area (Å²) in [7, 11) is 0. The molecule has 3 aromatic rings. The lowest BCUT2D eigenvalue weighted by molar-refractivity contribution is -0.116. The Labute approximate surface area is 121 Å². The minimum atomic E-state index is -0.116. The van der Waals surface area contributed by atoms with E-state index >= 15 is 0 Å². The number of aryl methyl sites for hydroxylation is 1. The van der Waals surface area contributed by atoms with E-state index < -0.39 is 0 Å². The van der Waals surface area contributed by atoms with Gasteiger partial charge in [-0.05, 0) is 24.3 Å². The van der Waals surface area contributed by atoms with Crippen molar-refractivity contribution in [3.05, 3.63) is 54.6 Å². The number of hydrogen-bond acceptors (Lipinski definition) is 4. The van der Waals surface area contributed by atoms with E-state index in [0.717, 1.165) is 11.4 Å². The molecule has 6 nitrogen and oxygen atoms in total. The average Bonchev–Trinajstić information content (AvgIpc) is 3.08. The molecule has 0 radical (unpaired) electrons. The molecule has 0 aliphatic heterocycles. The summed E-state index contributed by atoms with van der Waals surface area (Å²) in [6, 6.07) is 13.0. The Morgan fingerprint density at radius 3 is 2.71 bits per heavy atom. The Balaban J connectivity index is 1.74. The lowest BCUT2D eigenvalue weighted by Gasteiger charge is -2.08. The quantitative estimate of drug-likeness (QED) is 0.798. The highest BCUT2D eigenvalue weighted by molar-refractivity contribution is 5.90. The van der Waals surface area contributed by atoms with Crippen molar-refractivity contribution < 1.29 is 9.21 Å². The van der Waals surface area contributed by atoms with Crippen molar-refractivity contribution in [1.82, 2.24) is 14.8 Å². The van der Waals surface area contributed by atoms with Crippen molar-refractivity contribution in [3.8, 4) is 11.6 Å². The second-order valence-electron chi connectivity index (χ2n) is 4.56. The molecular formula is C15H14N4O2. The van der Waals surface area contributed by atoms with Gasteiger partial charge in [-0.25, -0.2) is 0 Å². The molecule has 1 aromatic carbocycles. The molecule has 0 saturated heterocycles. The van der Waals surface area contributed by atoms with Crippen LogP contribution in [0.4, 0.5) is 5.69 Å². The molecule has 3 rings (SSSR count). The fourth-order valence-electron chi connectivity index (χ4n) is 2.02. The van der Waals surface area contributed by atoms with E-state index in [9.17, 15) is 4.79 Å². The number of benzene rings is 1. The van der Waals surface area contributed by atoms with E-state index in [1.54, 1.807) is 17.7 Å². The summed E-state index contributed by atoms with van der Waals surface area (Å²) >= 11 is 0. The van der Waals surface area contributed by atoms with Crippen molar-refractivity contribution in [3.63, 3.8) is 0 Å². The van der Waals surface area contributed by atoms with Gasteiger partial charge in [-0.15, -0.1) is 10.2 Å². The SMILES string of the molecule is Cc1nnc(-c2cccn2CC(=O)Nc2ccccc2)o1. The number of nitrogens with one attached hydrogen (secondary N) is 1. The lowest BCUT2D eigenvalue weighted by Crippen LogP contribution is -2.18. The van der Waals surface area contributed by atoms with Crippen LogP contribution in [0.1, 0.15) is 5.89 Å². The minimum Gasteiger partial charge on any atom is -0.420 e. The second-order valence-corrected chi connectivity index (χ2v) is 4.56. The summed E-state index contributed by atoms with van der Waals surface area (Å²) < 4.78 is 7.16. The van der Waals surface area contributed by atoms with Crippen LogP contribution in [-0.2, 0) is 11.3 Å². The molecule has 0 aliphatic rings. The third-order valence-corrected chi connectivity index (χ3v) is 2.95. The molecule has 0 atom stereocenters. The van der Waals surface area contributed by atoms with Gasteiger partial charge < -0.3 is 14.3 Å². The lowest BCUT2D eigenvalue weighted by atomic mass is 10.3. The molecule has 0 unspecified atom stereocenters. The highest BCUT2D eigenvalue weighted by Crippen LogP contribution is 2.18. The molecule has 2 aromatic heterocycles. The average molecular weight is 282 g/mol. The summed E-state index contributed by atoms with van der Waals surface area (Å²) in [6.07, 6.45) is 1.80. The van der Waals surface area contributed by atoms with Gasteiger partial charge in [-0.1, -0.05) is 18.2 Å². The van der Waals surface area contributed by atoms with Crippen LogP contribution in [0.5, 0.6) is 0 Å². The van der Waals surface area contributed by atoms with Gasteiger partial charge in [0.15, 0.2) is 0 Å². The van der Waals surface area contributed by atoms with Crippen molar-refractivity contribution in [2.75, 3.05) is 5.32 Å². The number of carbonyl (C=O) groups excluding carboxylic acids is 1. The number of anilines is 1. The summed E-state index contributed by atoms with van der Waals surface area (Å²) in [4.78, 5) is 12.1. The van der Waals surface area contributed by atoms with Crippen LogP contribution in [0.3, 0.4) is 0 Å². The fourth-order valence-corrected chi connectivity index (χ4v) is 2.02. The third kappa shape index (κ3) is 3.00. The monoisotopic (exact) mass is 282 g/mol. The first-order chi connectivity index (χ1) is 10.2. The normalized spacial score (nSPS) is 10.5. The van der Waals surface area contributed by atoms with Gasteiger partial charge in [0.05, 0.1) is 0 Å². The zero-order valence-corrected chi connectivity index (χ0v) is 11.5. The topological polar surface area (TPSA) is 73.0 Å². The van der Waals surface area contributed by atoms with Gasteiger partial charge in [0.1, 0.15) is 12.2 Å². The number of para-hydroxylation sites is 1. The van der Waals surface area contributed by atoms with Gasteiger partial charge >= 0.3 is 0 Å². The number of aromatic nitrogens is 3. The van der Waals surface area contributed by atoms with Gasteiger partial charge in [0, 0.05) is 18.8 Å². The first-order valence-electron chi connectivity index (χ1n) is 6.53. The van der Waals surface area contributed by atoms with E-state index in [0.29, 0.717) is 11.8 Å². The molecule has 0 aliphatic carbocycles. The third-order valence-electron chi connectivity index (χ3n) is 2.95. The number of carbonyl (C=O) groups is 1. The Bertz CT molecular complexity index is 746. The first kappa shape index (κ1) is 13.1. The second kappa shape index (κ2) is 5.62. The smallest absolute Gasteiger partial charge is 0.264 e. The maximum absolute atomic E-state index is 12.1. The Morgan fingerprint density at radius 2 is 2.00 bits per heavy atom. The highest BCUT2D eigenvalue weighted by Gasteiger charge is 2.13. The van der Waals surface area contributed by atoms with E-state index in [1.165, 1.54) is 0 Å². The zero-order valence-electron chi connectivity index (χ0n) is 11.5. The standard InChI is InChI=1S/C15H14N4O2/c1-11-17-18-15(21-11)13-8-5-9-19(13)10-14(20)16-12-6-3-2-4-7-12/h2-9H,10H2,1H3,(H,16,20). The molecule has 106 valence electrons. The maximum Gasteiger partial charge on any atom is 0.264 e. The van der Waals surface area contributed by atoms with E-state index in [2.05, 4.69) is 15.5 Å². The molecule has 1 amide bonds. The van der Waals surface area contributed by atoms with Crippen LogP contribution < -0.4 is 5.32 Å². The molecule has 6 heteroatoms. The Morgan fingerprint density at radius 1 is 1.19 bits per heavy atom. The number of nitrogens with zero attached hydrogens (tertiary/aromatic N) is 3. The fraction of sp³-hybridized carbons (Fsp3) is 0.133. The first-order valence-corrected chi connectivity index (χ1v) is 6.53. The Hall–Kier alpha value is -2.89. The van der Waals surface area contributed by atoms with Crippen LogP contribution in [-0.4, -0.2) is 20.7 Å². The molecule has 0 spiro atoms. The minimum absolute atomic E-state index is 0.116. The van der Waals surface area contributed by atoms with Crippen LogP contribution in [0, 0.1) is 6.92 Å².